The van der Waals surface area contributed by atoms with E-state index in [1.807, 2.05) is 6.92 Å². The van der Waals surface area contributed by atoms with E-state index >= 15 is 0 Å². The van der Waals surface area contributed by atoms with Gasteiger partial charge in [-0.1, -0.05) is 30.5 Å². The first kappa shape index (κ1) is 20.9. The number of amides is 1. The van der Waals surface area contributed by atoms with E-state index in [0.717, 1.165) is 18.4 Å². The number of hydrogen-bond donors (Lipinski definition) is 2. The molecule has 7 nitrogen and oxygen atoms in total. The maximum absolute atomic E-state index is 12.5. The van der Waals surface area contributed by atoms with E-state index in [0.29, 0.717) is 24.2 Å². The molecule has 0 unspecified atom stereocenters. The molecule has 1 amide bonds. The van der Waals surface area contributed by atoms with Gasteiger partial charge in [0.1, 0.15) is 0 Å². The molecular weight excluding hydrogens is 392 g/mol. The molecular formula is C21H23N2O5S-. The smallest absolute Gasteiger partial charge is 0.261 e. The van der Waals surface area contributed by atoms with Gasteiger partial charge in [-0.05, 0) is 56.2 Å². The van der Waals surface area contributed by atoms with Gasteiger partial charge in [-0.3, -0.25) is 9.52 Å². The molecule has 0 aliphatic heterocycles. The van der Waals surface area contributed by atoms with Gasteiger partial charge in [-0.2, -0.15) is 0 Å². The van der Waals surface area contributed by atoms with Gasteiger partial charge in [0.2, 0.25) is 5.91 Å². The molecule has 1 aliphatic rings. The number of carbonyl (C=O) groups is 2. The molecule has 3 rings (SSSR count). The van der Waals surface area contributed by atoms with Crippen LogP contribution in [0, 0.1) is 18.8 Å². The normalized spacial score (nSPS) is 19.3. The summed E-state index contributed by atoms with van der Waals surface area (Å²) >= 11 is 0. The van der Waals surface area contributed by atoms with Crippen LogP contribution in [0.25, 0.3) is 0 Å². The molecule has 2 atom stereocenters. The number of hydrogen-bond acceptors (Lipinski definition) is 5. The molecule has 0 spiro atoms. The lowest BCUT2D eigenvalue weighted by molar-refractivity contribution is -0.313. The number of nitrogens with one attached hydrogen (secondary N) is 2. The van der Waals surface area contributed by atoms with Gasteiger partial charge >= 0.3 is 0 Å². The first-order valence-electron chi connectivity index (χ1n) is 9.47. The number of aliphatic carboxylic acids is 1. The number of carboxylic acids is 1. The van der Waals surface area contributed by atoms with Crippen LogP contribution in [0.1, 0.15) is 31.2 Å². The highest BCUT2D eigenvalue weighted by molar-refractivity contribution is 7.92. The molecule has 1 fully saturated rings. The summed E-state index contributed by atoms with van der Waals surface area (Å²) in [5.74, 6) is -2.93. The molecule has 0 saturated heterocycles. The van der Waals surface area contributed by atoms with Gasteiger partial charge < -0.3 is 15.2 Å². The fraction of sp³-hybridized carbons (Fsp3) is 0.333. The summed E-state index contributed by atoms with van der Waals surface area (Å²) in [4.78, 5) is 23.9. The van der Waals surface area contributed by atoms with Gasteiger partial charge in [0.15, 0.2) is 0 Å². The van der Waals surface area contributed by atoms with Gasteiger partial charge in [-0.15, -0.1) is 0 Å². The van der Waals surface area contributed by atoms with Crippen molar-refractivity contribution in [2.45, 2.75) is 37.5 Å². The molecule has 29 heavy (non-hydrogen) atoms. The zero-order chi connectivity index (χ0) is 21.0. The number of carboxylic acid groups (broad SMARTS) is 1. The molecule has 2 aromatic carbocycles. The number of anilines is 2. The summed E-state index contributed by atoms with van der Waals surface area (Å²) in [5, 5.41) is 14.0. The zero-order valence-electron chi connectivity index (χ0n) is 16.1. The largest absolute Gasteiger partial charge is 0.550 e. The Morgan fingerprint density at radius 2 is 1.45 bits per heavy atom. The molecule has 8 heteroatoms. The third kappa shape index (κ3) is 5.14. The topological polar surface area (TPSA) is 115 Å². The van der Waals surface area contributed by atoms with Gasteiger partial charge in [0.25, 0.3) is 10.0 Å². The minimum atomic E-state index is -3.71. The highest BCUT2D eigenvalue weighted by Crippen LogP contribution is 2.31. The van der Waals surface area contributed by atoms with Crippen LogP contribution in [0.2, 0.25) is 0 Å². The molecule has 0 bridgehead atoms. The lowest BCUT2D eigenvalue weighted by atomic mass is 9.78. The fourth-order valence-electron chi connectivity index (χ4n) is 3.51. The number of sulfonamides is 1. The molecule has 0 aromatic heterocycles. The van der Waals surface area contributed by atoms with Crippen molar-refractivity contribution < 1.29 is 23.1 Å². The van der Waals surface area contributed by atoms with E-state index in [-0.39, 0.29) is 10.8 Å². The van der Waals surface area contributed by atoms with Crippen LogP contribution in [0.4, 0.5) is 11.4 Å². The molecule has 1 saturated carbocycles. The average molecular weight is 415 g/mol. The maximum Gasteiger partial charge on any atom is 0.261 e. The molecule has 154 valence electrons. The number of benzene rings is 2. The van der Waals surface area contributed by atoms with Crippen LogP contribution in [0.3, 0.4) is 0 Å². The van der Waals surface area contributed by atoms with E-state index in [4.69, 9.17) is 0 Å². The lowest BCUT2D eigenvalue weighted by Gasteiger charge is -2.31. The lowest BCUT2D eigenvalue weighted by Crippen LogP contribution is -2.42. The predicted octanol–water partition coefficient (Wildman–Crippen LogP) is 2.29. The van der Waals surface area contributed by atoms with E-state index in [1.165, 1.54) is 12.1 Å². The van der Waals surface area contributed by atoms with Gasteiger partial charge in [0, 0.05) is 29.2 Å². The van der Waals surface area contributed by atoms with Crippen molar-refractivity contribution >= 4 is 33.3 Å². The highest BCUT2D eigenvalue weighted by atomic mass is 32.2. The summed E-state index contributed by atoms with van der Waals surface area (Å²) < 4.78 is 27.4. The van der Waals surface area contributed by atoms with Crippen molar-refractivity contribution in [2.75, 3.05) is 10.0 Å². The Morgan fingerprint density at radius 1 is 0.897 bits per heavy atom. The summed E-state index contributed by atoms with van der Waals surface area (Å²) in [6, 6.07) is 12.7. The van der Waals surface area contributed by atoms with E-state index in [1.54, 1.807) is 36.4 Å². The van der Waals surface area contributed by atoms with Crippen LogP contribution in [-0.4, -0.2) is 20.3 Å². The molecule has 2 N–H and O–H groups in total. The third-order valence-corrected chi connectivity index (χ3v) is 6.54. The standard InChI is InChI=1S/C21H24N2O5S/c1-14-6-12-17(13-7-14)29(27,28)23-16-10-8-15(9-11-16)22-20(24)18-4-2-3-5-19(18)21(25)26/h6-13,18-19,23H,2-5H2,1H3,(H,22,24)(H,25,26)/p-1/t18-,19-/m0/s1. The van der Waals surface area contributed by atoms with Crippen LogP contribution in [-0.2, 0) is 19.6 Å². The Bertz CT molecular complexity index is 985. The van der Waals surface area contributed by atoms with Crippen molar-refractivity contribution in [2.24, 2.45) is 11.8 Å². The van der Waals surface area contributed by atoms with Gasteiger partial charge in [0.05, 0.1) is 4.90 Å². The van der Waals surface area contributed by atoms with Crippen molar-refractivity contribution in [3.8, 4) is 0 Å². The first-order chi connectivity index (χ1) is 13.8. The van der Waals surface area contributed by atoms with Gasteiger partial charge in [-0.25, -0.2) is 8.42 Å². The molecule has 0 heterocycles. The molecule has 2 aromatic rings. The predicted molar refractivity (Wildman–Crippen MR) is 108 cm³/mol. The Kier molecular flexibility index (Phi) is 6.22. The van der Waals surface area contributed by atoms with Crippen molar-refractivity contribution in [1.82, 2.24) is 0 Å². The number of carbonyl (C=O) groups excluding carboxylic acids is 2. The summed E-state index contributed by atoms with van der Waals surface area (Å²) in [7, 11) is -3.71. The maximum atomic E-state index is 12.5. The quantitative estimate of drug-likeness (QED) is 0.751. The van der Waals surface area contributed by atoms with Crippen LogP contribution in [0.5, 0.6) is 0 Å². The van der Waals surface area contributed by atoms with Crippen LogP contribution >= 0.6 is 0 Å². The summed E-state index contributed by atoms with van der Waals surface area (Å²) in [6.07, 6.45) is 2.54. The van der Waals surface area contributed by atoms with Crippen molar-refractivity contribution in [1.29, 1.82) is 0 Å². The average Bonchev–Trinajstić information content (AvgIpc) is 2.69. The van der Waals surface area contributed by atoms with E-state index in [2.05, 4.69) is 10.0 Å². The van der Waals surface area contributed by atoms with E-state index in [9.17, 15) is 23.1 Å². The first-order valence-corrected chi connectivity index (χ1v) is 11.0. The number of rotatable bonds is 6. The zero-order valence-corrected chi connectivity index (χ0v) is 16.9. The fourth-order valence-corrected chi connectivity index (χ4v) is 4.57. The highest BCUT2D eigenvalue weighted by Gasteiger charge is 2.31. The second kappa shape index (κ2) is 8.65. The second-order valence-electron chi connectivity index (χ2n) is 7.30. The Labute approximate surface area is 170 Å². The van der Waals surface area contributed by atoms with Crippen LogP contribution < -0.4 is 15.1 Å². The Hall–Kier alpha value is -2.87. The minimum Gasteiger partial charge on any atom is -0.550 e. The molecule has 1 aliphatic carbocycles. The monoisotopic (exact) mass is 415 g/mol. The van der Waals surface area contributed by atoms with E-state index < -0.39 is 27.8 Å². The SMILES string of the molecule is Cc1ccc(S(=O)(=O)Nc2ccc(NC(=O)[C@H]3CCCC[C@@H]3C(=O)[O-])cc2)cc1. The second-order valence-corrected chi connectivity index (χ2v) is 8.98. The Balaban J connectivity index is 1.66. The molecule has 0 radical (unpaired) electrons. The Morgan fingerprint density at radius 3 is 2.03 bits per heavy atom. The van der Waals surface area contributed by atoms with Crippen molar-refractivity contribution in [3.05, 3.63) is 54.1 Å². The van der Waals surface area contributed by atoms with Crippen LogP contribution in [0.15, 0.2) is 53.4 Å². The summed E-state index contributed by atoms with van der Waals surface area (Å²) in [5.41, 5.74) is 1.78. The van der Waals surface area contributed by atoms with Crippen molar-refractivity contribution in [3.63, 3.8) is 0 Å². The summed E-state index contributed by atoms with van der Waals surface area (Å²) in [6.45, 7) is 1.87. The number of aryl methyl sites for hydroxylation is 1. The third-order valence-electron chi connectivity index (χ3n) is 5.14. The minimum absolute atomic E-state index is 0.158.